The van der Waals surface area contributed by atoms with Crippen LogP contribution in [0.3, 0.4) is 0 Å². The van der Waals surface area contributed by atoms with Crippen LogP contribution >= 0.6 is 0 Å². The van der Waals surface area contributed by atoms with Crippen LogP contribution in [0.1, 0.15) is 24.8 Å². The summed E-state index contributed by atoms with van der Waals surface area (Å²) >= 11 is 0. The highest BCUT2D eigenvalue weighted by Crippen LogP contribution is 2.36. The van der Waals surface area contributed by atoms with Crippen molar-refractivity contribution in [2.24, 2.45) is 5.92 Å². The first-order chi connectivity index (χ1) is 18.8. The Hall–Kier alpha value is -3.11. The number of quaternary nitrogens is 1. The van der Waals surface area contributed by atoms with E-state index in [4.69, 9.17) is 9.47 Å². The number of anilines is 1. The number of fused-ring (bicyclic) bond motifs is 3. The summed E-state index contributed by atoms with van der Waals surface area (Å²) in [7, 11) is 0. The number of hydrogen-bond acceptors (Lipinski definition) is 3. The lowest BCUT2D eigenvalue weighted by atomic mass is 9.83. The molecule has 0 aliphatic carbocycles. The average Bonchev–Trinajstić information content (AvgIpc) is 2.93. The second-order valence-electron chi connectivity index (χ2n) is 10.4. The number of amides is 1. The van der Waals surface area contributed by atoms with Crippen LogP contribution < -0.4 is 26.6 Å². The monoisotopic (exact) mass is 622 g/mol. The Morgan fingerprint density at radius 2 is 1.65 bits per heavy atom. The van der Waals surface area contributed by atoms with E-state index in [1.54, 1.807) is 18.2 Å². The third-order valence-electron chi connectivity index (χ3n) is 7.82. The first kappa shape index (κ1) is 29.9. The summed E-state index contributed by atoms with van der Waals surface area (Å²) in [4.78, 5) is 14.8. The molecule has 0 N–H and O–H groups in total. The molecular formula is C30H31BrF4N2O3. The van der Waals surface area contributed by atoms with Gasteiger partial charge in [0.1, 0.15) is 23.9 Å². The lowest BCUT2D eigenvalue weighted by molar-refractivity contribution is -0.946. The van der Waals surface area contributed by atoms with Gasteiger partial charge >= 0.3 is 6.09 Å². The Balaban J connectivity index is 0.00000370. The number of rotatable bonds is 9. The maximum Gasteiger partial charge on any atom is 0.415 e. The van der Waals surface area contributed by atoms with Crippen LogP contribution in [-0.2, 0) is 11.3 Å². The van der Waals surface area contributed by atoms with Crippen molar-refractivity contribution < 1.29 is 53.3 Å². The number of hydrogen-bond donors (Lipinski definition) is 0. The molecule has 40 heavy (non-hydrogen) atoms. The summed E-state index contributed by atoms with van der Waals surface area (Å²) in [5, 5.41) is 0. The Labute approximate surface area is 241 Å². The number of piperidine rings is 3. The Kier molecular flexibility index (Phi) is 9.73. The van der Waals surface area contributed by atoms with Crippen LogP contribution in [0.25, 0.3) is 0 Å². The van der Waals surface area contributed by atoms with Crippen molar-refractivity contribution >= 4 is 11.8 Å². The third-order valence-corrected chi connectivity index (χ3v) is 7.82. The van der Waals surface area contributed by atoms with Crippen LogP contribution in [0.15, 0.2) is 66.7 Å². The van der Waals surface area contributed by atoms with Gasteiger partial charge < -0.3 is 30.9 Å². The lowest BCUT2D eigenvalue weighted by Gasteiger charge is -2.52. The van der Waals surface area contributed by atoms with Crippen LogP contribution in [-0.4, -0.2) is 49.5 Å². The Morgan fingerprint density at radius 3 is 2.35 bits per heavy atom. The van der Waals surface area contributed by atoms with Gasteiger partial charge in [-0.2, -0.15) is 0 Å². The fourth-order valence-corrected chi connectivity index (χ4v) is 5.70. The summed E-state index contributed by atoms with van der Waals surface area (Å²) in [5.74, 6) is -2.16. The highest BCUT2D eigenvalue weighted by Gasteiger charge is 2.47. The van der Waals surface area contributed by atoms with Crippen molar-refractivity contribution in [3.63, 3.8) is 0 Å². The van der Waals surface area contributed by atoms with Gasteiger partial charge in [-0.1, -0.05) is 18.2 Å². The van der Waals surface area contributed by atoms with Gasteiger partial charge in [-0.15, -0.1) is 0 Å². The molecule has 3 saturated heterocycles. The molecule has 3 heterocycles. The molecule has 6 rings (SSSR count). The second kappa shape index (κ2) is 13.0. The molecule has 214 valence electrons. The number of carbonyl (C=O) groups is 1. The van der Waals surface area contributed by atoms with E-state index < -0.39 is 23.5 Å². The van der Waals surface area contributed by atoms with Gasteiger partial charge in [0.15, 0.2) is 17.7 Å². The largest absolute Gasteiger partial charge is 1.00 e. The van der Waals surface area contributed by atoms with Crippen molar-refractivity contribution in [2.45, 2.75) is 31.9 Å². The lowest BCUT2D eigenvalue weighted by Crippen LogP contribution is -3.00. The minimum Gasteiger partial charge on any atom is -1.00 e. The number of carbonyl (C=O) groups excluding carboxylic acids is 1. The van der Waals surface area contributed by atoms with E-state index in [1.807, 2.05) is 0 Å². The minimum absolute atomic E-state index is 0. The fraction of sp³-hybridized carbons (Fsp3) is 0.367. The zero-order valence-corrected chi connectivity index (χ0v) is 23.5. The molecule has 5 nitrogen and oxygen atoms in total. The van der Waals surface area contributed by atoms with E-state index >= 15 is 0 Å². The van der Waals surface area contributed by atoms with E-state index in [9.17, 15) is 22.4 Å². The van der Waals surface area contributed by atoms with Crippen molar-refractivity contribution in [3.05, 3.63) is 95.6 Å². The van der Waals surface area contributed by atoms with E-state index in [0.29, 0.717) is 30.8 Å². The van der Waals surface area contributed by atoms with Gasteiger partial charge in [-0.25, -0.2) is 22.4 Å². The normalized spacial score (nSPS) is 21.4. The molecule has 3 aromatic carbocycles. The second-order valence-corrected chi connectivity index (χ2v) is 10.4. The average molecular weight is 623 g/mol. The molecule has 3 aliphatic rings. The maximum atomic E-state index is 14.0. The molecule has 2 bridgehead atoms. The number of halogens is 5. The number of nitrogens with zero attached hydrogens (tertiary/aromatic N) is 2. The van der Waals surface area contributed by atoms with Crippen LogP contribution in [0.2, 0.25) is 0 Å². The van der Waals surface area contributed by atoms with Gasteiger partial charge in [0.25, 0.3) is 0 Å². The topological polar surface area (TPSA) is 38.8 Å². The molecule has 1 amide bonds. The highest BCUT2D eigenvalue weighted by molar-refractivity contribution is 5.87. The van der Waals surface area contributed by atoms with E-state index in [0.717, 1.165) is 49.1 Å². The Bertz CT molecular complexity index is 1300. The molecule has 0 radical (unpaired) electrons. The molecule has 1 atom stereocenters. The van der Waals surface area contributed by atoms with Crippen molar-refractivity contribution in [1.82, 2.24) is 0 Å². The summed E-state index contributed by atoms with van der Waals surface area (Å²) < 4.78 is 66.5. The standard InChI is InChI=1S/C30H31F4N2O3.BrH/c31-23-7-5-21(6-8-23)19-35(25-4-1-3-24(32)17-25)30(37)39-29-20-36(14-11-22(29)12-15-36)13-2-16-38-26-9-10-27(33)28(34)18-26;/h1,3-10,17-18,22,29H,2,11-16,19-20H2;1H/q+1;/p-1/t22?,29-,36?;/m0./s1. The molecular weight excluding hydrogens is 592 g/mol. The van der Waals surface area contributed by atoms with Crippen molar-refractivity contribution in [1.29, 1.82) is 0 Å². The van der Waals surface area contributed by atoms with Crippen LogP contribution in [0.4, 0.5) is 28.0 Å². The van der Waals surface area contributed by atoms with Crippen LogP contribution in [0, 0.1) is 29.2 Å². The molecule has 0 aromatic heterocycles. The van der Waals surface area contributed by atoms with E-state index in [-0.39, 0.29) is 47.1 Å². The highest BCUT2D eigenvalue weighted by atomic mass is 79.9. The smallest absolute Gasteiger partial charge is 0.415 e. The first-order valence-corrected chi connectivity index (χ1v) is 13.2. The van der Waals surface area contributed by atoms with Gasteiger partial charge in [-0.05, 0) is 48.0 Å². The zero-order chi connectivity index (χ0) is 27.4. The van der Waals surface area contributed by atoms with Crippen LogP contribution in [0.5, 0.6) is 5.75 Å². The molecule has 10 heteroatoms. The summed E-state index contributed by atoms with van der Waals surface area (Å²) in [6.45, 7) is 3.92. The molecule has 3 fully saturated rings. The molecule has 3 aliphatic heterocycles. The van der Waals surface area contributed by atoms with E-state index in [2.05, 4.69) is 0 Å². The number of ether oxygens (including phenoxy) is 2. The zero-order valence-electron chi connectivity index (χ0n) is 21.9. The predicted molar refractivity (Wildman–Crippen MR) is 138 cm³/mol. The fourth-order valence-electron chi connectivity index (χ4n) is 5.70. The summed E-state index contributed by atoms with van der Waals surface area (Å²) in [5.41, 5.74) is 1.06. The quantitative estimate of drug-likeness (QED) is 0.208. The number of benzene rings is 3. The third kappa shape index (κ3) is 7.14. The predicted octanol–water partition coefficient (Wildman–Crippen LogP) is 3.47. The minimum atomic E-state index is -0.941. The van der Waals surface area contributed by atoms with E-state index in [1.165, 1.54) is 41.3 Å². The molecule has 3 aromatic rings. The van der Waals surface area contributed by atoms with Crippen molar-refractivity contribution in [2.75, 3.05) is 37.7 Å². The van der Waals surface area contributed by atoms with Gasteiger partial charge in [0.05, 0.1) is 38.5 Å². The Morgan fingerprint density at radius 1 is 0.900 bits per heavy atom. The summed E-state index contributed by atoms with van der Waals surface area (Å²) in [6.07, 6.45) is 1.73. The summed E-state index contributed by atoms with van der Waals surface area (Å²) in [6, 6.07) is 15.1. The van der Waals surface area contributed by atoms with Gasteiger partial charge in [0.2, 0.25) is 0 Å². The first-order valence-electron chi connectivity index (χ1n) is 13.2. The van der Waals surface area contributed by atoms with Gasteiger partial charge in [-0.3, -0.25) is 4.90 Å². The van der Waals surface area contributed by atoms with Crippen molar-refractivity contribution in [3.8, 4) is 5.75 Å². The SMILES string of the molecule is O=C(O[C@H]1C[N+]2(CCCOc3ccc(F)c(F)c3)CCC1CC2)N(Cc1ccc(F)cc1)c1cccc(F)c1.[Br-]. The molecule has 0 saturated carbocycles. The molecule has 0 unspecified atom stereocenters. The molecule has 0 spiro atoms. The maximum absolute atomic E-state index is 14.0. The van der Waals surface area contributed by atoms with Gasteiger partial charge in [0, 0.05) is 31.2 Å².